The van der Waals surface area contributed by atoms with Crippen LogP contribution < -0.4 is 14.8 Å². The Morgan fingerprint density at radius 1 is 1.12 bits per heavy atom. The van der Waals surface area contributed by atoms with Gasteiger partial charge in [0.2, 0.25) is 0 Å². The maximum atomic E-state index is 12.8. The number of aromatic nitrogens is 1. The van der Waals surface area contributed by atoms with Crippen LogP contribution in [0.4, 0.5) is 0 Å². The summed E-state index contributed by atoms with van der Waals surface area (Å²) in [5, 5.41) is 3.54. The standard InChI is InChI=1S/C19H26N2O5/c1-11(2)9-13(19(23)26-6)20-18(22)14-10-12-15(24-4)7-8-16(25-5)17(12)21(14)3/h7-8,10-11,13H,9H2,1-6H3,(H,20,22). The normalized spacial score (nSPS) is 12.1. The number of carbonyl (C=O) groups excluding carboxylic acids is 2. The second-order valence-corrected chi connectivity index (χ2v) is 6.50. The minimum absolute atomic E-state index is 0.229. The lowest BCUT2D eigenvalue weighted by Crippen LogP contribution is -2.42. The first-order valence-corrected chi connectivity index (χ1v) is 8.43. The van der Waals surface area contributed by atoms with Crippen molar-refractivity contribution in [1.29, 1.82) is 0 Å². The molecule has 7 nitrogen and oxygen atoms in total. The van der Waals surface area contributed by atoms with Crippen LogP contribution in [0.1, 0.15) is 30.8 Å². The lowest BCUT2D eigenvalue weighted by Gasteiger charge is -2.18. The van der Waals surface area contributed by atoms with Gasteiger partial charge in [0.05, 0.1) is 26.8 Å². The Morgan fingerprint density at radius 3 is 2.27 bits per heavy atom. The number of nitrogens with zero attached hydrogens (tertiary/aromatic N) is 1. The van der Waals surface area contributed by atoms with Gasteiger partial charge >= 0.3 is 5.97 Å². The first kappa shape index (κ1) is 19.6. The van der Waals surface area contributed by atoms with Crippen molar-refractivity contribution in [3.05, 3.63) is 23.9 Å². The smallest absolute Gasteiger partial charge is 0.328 e. The third kappa shape index (κ3) is 3.76. The number of ether oxygens (including phenoxy) is 3. The van der Waals surface area contributed by atoms with E-state index in [9.17, 15) is 9.59 Å². The number of hydrogen-bond acceptors (Lipinski definition) is 5. The number of esters is 1. The van der Waals surface area contributed by atoms with E-state index >= 15 is 0 Å². The summed E-state index contributed by atoms with van der Waals surface area (Å²) in [4.78, 5) is 24.8. The number of benzene rings is 1. The number of hydrogen-bond donors (Lipinski definition) is 1. The molecule has 0 aliphatic rings. The van der Waals surface area contributed by atoms with Gasteiger partial charge in [-0.2, -0.15) is 0 Å². The minimum atomic E-state index is -0.700. The summed E-state index contributed by atoms with van der Waals surface area (Å²) < 4.78 is 17.3. The van der Waals surface area contributed by atoms with E-state index in [1.54, 1.807) is 44.0 Å². The van der Waals surface area contributed by atoms with E-state index in [1.165, 1.54) is 7.11 Å². The molecule has 0 radical (unpaired) electrons. The number of fused-ring (bicyclic) bond motifs is 1. The highest BCUT2D eigenvalue weighted by molar-refractivity contribution is 6.03. The maximum Gasteiger partial charge on any atom is 0.328 e. The first-order chi connectivity index (χ1) is 12.3. The zero-order chi connectivity index (χ0) is 19.4. The molecule has 1 aromatic heterocycles. The van der Waals surface area contributed by atoms with E-state index < -0.39 is 12.0 Å². The summed E-state index contributed by atoms with van der Waals surface area (Å²) in [7, 11) is 6.23. The van der Waals surface area contributed by atoms with Crippen molar-refractivity contribution in [2.75, 3.05) is 21.3 Å². The molecule has 0 fully saturated rings. The molecule has 7 heteroatoms. The summed E-state index contributed by atoms with van der Waals surface area (Å²) in [5.74, 6) is 0.688. The Hall–Kier alpha value is -2.70. The summed E-state index contributed by atoms with van der Waals surface area (Å²) in [6.07, 6.45) is 0.495. The Kier molecular flexibility index (Phi) is 6.13. The molecule has 1 heterocycles. The summed E-state index contributed by atoms with van der Waals surface area (Å²) in [5.41, 5.74) is 1.15. The van der Waals surface area contributed by atoms with Crippen LogP contribution in [0.5, 0.6) is 11.5 Å². The average molecular weight is 362 g/mol. The predicted molar refractivity (Wildman–Crippen MR) is 98.7 cm³/mol. The third-order valence-electron chi connectivity index (χ3n) is 4.29. The van der Waals surface area contributed by atoms with Gasteiger partial charge in [0.25, 0.3) is 5.91 Å². The second-order valence-electron chi connectivity index (χ2n) is 6.50. The molecule has 1 atom stereocenters. The van der Waals surface area contributed by atoms with Crippen LogP contribution in [0.15, 0.2) is 18.2 Å². The largest absolute Gasteiger partial charge is 0.496 e. The lowest BCUT2D eigenvalue weighted by atomic mass is 10.0. The van der Waals surface area contributed by atoms with Crippen molar-refractivity contribution in [1.82, 2.24) is 9.88 Å². The fourth-order valence-corrected chi connectivity index (χ4v) is 3.03. The molecular weight excluding hydrogens is 336 g/mol. The highest BCUT2D eigenvalue weighted by Crippen LogP contribution is 2.35. The monoisotopic (exact) mass is 362 g/mol. The molecule has 0 aliphatic heterocycles. The number of methoxy groups -OCH3 is 3. The lowest BCUT2D eigenvalue weighted by molar-refractivity contribution is -0.143. The molecule has 1 amide bonds. The Bertz CT molecular complexity index is 810. The highest BCUT2D eigenvalue weighted by Gasteiger charge is 2.26. The molecule has 0 saturated heterocycles. The molecule has 26 heavy (non-hydrogen) atoms. The first-order valence-electron chi connectivity index (χ1n) is 8.43. The van der Waals surface area contributed by atoms with Crippen LogP contribution >= 0.6 is 0 Å². The summed E-state index contributed by atoms with van der Waals surface area (Å²) in [6, 6.07) is 4.61. The van der Waals surface area contributed by atoms with E-state index in [0.29, 0.717) is 23.6 Å². The molecule has 0 spiro atoms. The predicted octanol–water partition coefficient (Wildman–Crippen LogP) is 2.51. The molecule has 2 rings (SSSR count). The van der Waals surface area contributed by atoms with Gasteiger partial charge in [-0.15, -0.1) is 0 Å². The van der Waals surface area contributed by atoms with Crippen LogP contribution in [0, 0.1) is 5.92 Å². The number of amides is 1. The van der Waals surface area contributed by atoms with Crippen molar-refractivity contribution < 1.29 is 23.8 Å². The van der Waals surface area contributed by atoms with Crippen molar-refractivity contribution in [2.24, 2.45) is 13.0 Å². The van der Waals surface area contributed by atoms with Crippen LogP contribution in [0.25, 0.3) is 10.9 Å². The Labute approximate surface area is 153 Å². The van der Waals surface area contributed by atoms with E-state index in [-0.39, 0.29) is 11.8 Å². The zero-order valence-electron chi connectivity index (χ0n) is 16.1. The minimum Gasteiger partial charge on any atom is -0.496 e. The fourth-order valence-electron chi connectivity index (χ4n) is 3.03. The van der Waals surface area contributed by atoms with Crippen LogP contribution in [-0.2, 0) is 16.6 Å². The molecule has 0 bridgehead atoms. The van der Waals surface area contributed by atoms with Crippen molar-refractivity contribution >= 4 is 22.8 Å². The average Bonchev–Trinajstić information content (AvgIpc) is 2.97. The summed E-state index contributed by atoms with van der Waals surface area (Å²) >= 11 is 0. The van der Waals surface area contributed by atoms with E-state index in [2.05, 4.69) is 5.32 Å². The molecular formula is C19H26N2O5. The van der Waals surface area contributed by atoms with Crippen molar-refractivity contribution in [3.8, 4) is 11.5 Å². The van der Waals surface area contributed by atoms with E-state index in [1.807, 2.05) is 13.8 Å². The van der Waals surface area contributed by atoms with Crippen molar-refractivity contribution in [2.45, 2.75) is 26.3 Å². The van der Waals surface area contributed by atoms with Gasteiger partial charge in [0.1, 0.15) is 23.2 Å². The topological polar surface area (TPSA) is 78.8 Å². The Balaban J connectivity index is 2.44. The van der Waals surface area contributed by atoms with Gasteiger partial charge in [-0.3, -0.25) is 4.79 Å². The second kappa shape index (κ2) is 8.12. The number of carbonyl (C=O) groups is 2. The SMILES string of the molecule is COC(=O)C(CC(C)C)NC(=O)c1cc2c(OC)ccc(OC)c2n1C. The quantitative estimate of drug-likeness (QED) is 0.766. The zero-order valence-corrected chi connectivity index (χ0v) is 16.1. The van der Waals surface area contributed by atoms with E-state index in [4.69, 9.17) is 14.2 Å². The molecule has 1 N–H and O–H groups in total. The molecule has 1 unspecified atom stereocenters. The number of rotatable bonds is 7. The molecule has 142 valence electrons. The summed E-state index contributed by atoms with van der Waals surface area (Å²) in [6.45, 7) is 3.96. The van der Waals surface area contributed by atoms with Gasteiger partial charge < -0.3 is 24.1 Å². The van der Waals surface area contributed by atoms with Gasteiger partial charge in [-0.1, -0.05) is 13.8 Å². The maximum absolute atomic E-state index is 12.8. The molecule has 1 aromatic carbocycles. The highest BCUT2D eigenvalue weighted by atomic mass is 16.5. The number of aryl methyl sites for hydroxylation is 1. The number of nitrogens with one attached hydrogen (secondary N) is 1. The van der Waals surface area contributed by atoms with Gasteiger partial charge in [-0.25, -0.2) is 4.79 Å². The third-order valence-corrected chi connectivity index (χ3v) is 4.29. The molecule has 0 saturated carbocycles. The molecule has 2 aromatic rings. The van der Waals surface area contributed by atoms with E-state index in [0.717, 1.165) is 10.9 Å². The van der Waals surface area contributed by atoms with Crippen LogP contribution in [-0.4, -0.2) is 43.8 Å². The molecule has 0 aliphatic carbocycles. The fraction of sp³-hybridized carbons (Fsp3) is 0.474. The Morgan fingerprint density at radius 2 is 1.73 bits per heavy atom. The van der Waals surface area contributed by atoms with Gasteiger partial charge in [0, 0.05) is 12.4 Å². The van der Waals surface area contributed by atoms with Crippen LogP contribution in [0.3, 0.4) is 0 Å². The van der Waals surface area contributed by atoms with Gasteiger partial charge in [0.15, 0.2) is 0 Å². The van der Waals surface area contributed by atoms with Gasteiger partial charge in [-0.05, 0) is 30.5 Å². The van der Waals surface area contributed by atoms with Crippen LogP contribution in [0.2, 0.25) is 0 Å². The van der Waals surface area contributed by atoms with Crippen molar-refractivity contribution in [3.63, 3.8) is 0 Å².